The molecule has 0 bridgehead atoms. The highest BCUT2D eigenvalue weighted by Crippen LogP contribution is 2.30. The predicted molar refractivity (Wildman–Crippen MR) is 169 cm³/mol. The van der Waals surface area contributed by atoms with E-state index in [-0.39, 0.29) is 0 Å². The van der Waals surface area contributed by atoms with Gasteiger partial charge >= 0.3 is 0 Å². The van der Waals surface area contributed by atoms with E-state index < -0.39 is 0 Å². The van der Waals surface area contributed by atoms with Crippen LogP contribution in [-0.2, 0) is 19.5 Å². The van der Waals surface area contributed by atoms with Crippen molar-refractivity contribution in [2.45, 2.75) is 84.7 Å². The second-order valence-corrected chi connectivity index (χ2v) is 11.7. The van der Waals surface area contributed by atoms with Crippen LogP contribution >= 0.6 is 0 Å². The molecule has 0 amide bonds. The molecule has 0 aliphatic heterocycles. The summed E-state index contributed by atoms with van der Waals surface area (Å²) in [5.41, 5.74) is 6.83. The number of nitrogens with one attached hydrogen (secondary N) is 2. The minimum absolute atomic E-state index is 0.806. The van der Waals surface area contributed by atoms with Crippen molar-refractivity contribution in [2.24, 2.45) is 0 Å². The van der Waals surface area contributed by atoms with E-state index in [2.05, 4.69) is 98.9 Å². The Morgan fingerprint density at radius 1 is 0.692 bits per heavy atom. The van der Waals surface area contributed by atoms with E-state index in [4.69, 9.17) is 4.74 Å². The van der Waals surface area contributed by atoms with Gasteiger partial charge in [-0.3, -0.25) is 0 Å². The molecule has 2 aromatic carbocycles. The van der Waals surface area contributed by atoms with Gasteiger partial charge in [0, 0.05) is 18.7 Å². The maximum atomic E-state index is 6.48. The van der Waals surface area contributed by atoms with Gasteiger partial charge in [-0.1, -0.05) is 62.1 Å². The van der Waals surface area contributed by atoms with Crippen LogP contribution in [0.1, 0.15) is 79.2 Å². The molecule has 5 nitrogen and oxygen atoms in total. The minimum Gasteiger partial charge on any atom is -0.493 e. The van der Waals surface area contributed by atoms with Crippen LogP contribution in [0.3, 0.4) is 0 Å². The van der Waals surface area contributed by atoms with Crippen molar-refractivity contribution in [3.63, 3.8) is 0 Å². The molecule has 0 fully saturated rings. The topological polar surface area (TPSA) is 39.8 Å². The first kappa shape index (κ1) is 33.3. The number of unbranched alkanes of at least 4 members (excludes halogenated alkanes) is 5. The van der Waals surface area contributed by atoms with Gasteiger partial charge in [0.2, 0.25) is 0 Å². The summed E-state index contributed by atoms with van der Waals surface area (Å²) in [4.78, 5) is 4.49. The predicted octanol–water partition coefficient (Wildman–Crippen LogP) is 6.35. The first-order valence-corrected chi connectivity index (χ1v) is 15.4. The second kappa shape index (κ2) is 20.0. The quantitative estimate of drug-likeness (QED) is 0.171. The second-order valence-electron chi connectivity index (χ2n) is 11.7. The zero-order valence-corrected chi connectivity index (χ0v) is 26.1. The maximum absolute atomic E-state index is 6.48. The average molecular weight is 539 g/mol. The molecule has 0 aliphatic rings. The van der Waals surface area contributed by atoms with E-state index in [0.29, 0.717) is 0 Å². The lowest BCUT2D eigenvalue weighted by Crippen LogP contribution is -2.23. The lowest BCUT2D eigenvalue weighted by atomic mass is 9.97. The first-order chi connectivity index (χ1) is 18.9. The normalized spacial score (nSPS) is 11.6. The number of rotatable bonds is 22. The molecular formula is C34H58N4O. The molecule has 0 spiro atoms. The summed E-state index contributed by atoms with van der Waals surface area (Å²) >= 11 is 0. The summed E-state index contributed by atoms with van der Waals surface area (Å²) < 4.78 is 6.48. The fourth-order valence-corrected chi connectivity index (χ4v) is 5.07. The van der Waals surface area contributed by atoms with Gasteiger partial charge in [0.25, 0.3) is 0 Å². The zero-order valence-electron chi connectivity index (χ0n) is 26.1. The minimum atomic E-state index is 0.806. The molecule has 0 saturated carbocycles. The smallest absolute Gasteiger partial charge is 0.126 e. The Kier molecular flexibility index (Phi) is 17.1. The van der Waals surface area contributed by atoms with Crippen LogP contribution in [0.4, 0.5) is 0 Å². The molecule has 0 unspecified atom stereocenters. The van der Waals surface area contributed by atoms with Crippen LogP contribution in [0.5, 0.6) is 5.75 Å². The van der Waals surface area contributed by atoms with Crippen LogP contribution in [-0.4, -0.2) is 70.8 Å². The van der Waals surface area contributed by atoms with Crippen LogP contribution in [0.25, 0.3) is 0 Å². The van der Waals surface area contributed by atoms with Gasteiger partial charge in [-0.15, -0.1) is 0 Å². The number of hydrogen-bond donors (Lipinski definition) is 2. The number of nitrogens with zero attached hydrogens (tertiary/aromatic N) is 2. The van der Waals surface area contributed by atoms with E-state index in [1.165, 1.54) is 72.8 Å². The summed E-state index contributed by atoms with van der Waals surface area (Å²) in [6, 6.07) is 13.2. The standard InChI is InChI=1S/C34H58N4O/c1-29-26-32(27-35-21-16-23-37(3)4)30(2)33(28-36-22-17-24-38(5)6)34(29)39-25-15-10-8-7-9-12-18-31-19-13-11-14-20-31/h11,13-14,19-20,26,35-36H,7-10,12,15-18,21-25,27-28H2,1-6H3. The van der Waals surface area contributed by atoms with E-state index in [0.717, 1.165) is 64.5 Å². The highest BCUT2D eigenvalue weighted by molar-refractivity contribution is 5.50. The molecule has 0 saturated heterocycles. The van der Waals surface area contributed by atoms with Crippen molar-refractivity contribution in [1.29, 1.82) is 0 Å². The largest absolute Gasteiger partial charge is 0.493 e. The van der Waals surface area contributed by atoms with Crippen molar-refractivity contribution in [2.75, 3.05) is 61.0 Å². The monoisotopic (exact) mass is 538 g/mol. The Morgan fingerprint density at radius 3 is 1.92 bits per heavy atom. The molecule has 0 atom stereocenters. The molecule has 0 heterocycles. The third kappa shape index (κ3) is 14.3. The fraction of sp³-hybridized carbons (Fsp3) is 0.647. The summed E-state index contributed by atoms with van der Waals surface area (Å²) in [6.07, 6.45) is 11.1. The van der Waals surface area contributed by atoms with Crippen molar-refractivity contribution >= 4 is 0 Å². The van der Waals surface area contributed by atoms with Gasteiger partial charge in [-0.25, -0.2) is 0 Å². The van der Waals surface area contributed by atoms with Gasteiger partial charge in [-0.05, 0) is 123 Å². The Labute approximate surface area is 240 Å². The summed E-state index contributed by atoms with van der Waals surface area (Å²) in [6.45, 7) is 11.4. The summed E-state index contributed by atoms with van der Waals surface area (Å²) in [5.74, 6) is 1.10. The van der Waals surface area contributed by atoms with Crippen molar-refractivity contribution < 1.29 is 4.74 Å². The molecule has 0 radical (unpaired) electrons. The Hall–Kier alpha value is -1.92. The third-order valence-corrected chi connectivity index (χ3v) is 7.44. The number of hydrogen-bond acceptors (Lipinski definition) is 5. The number of aryl methyl sites for hydroxylation is 2. The molecule has 2 aromatic rings. The lowest BCUT2D eigenvalue weighted by molar-refractivity contribution is 0.298. The average Bonchev–Trinajstić information content (AvgIpc) is 2.90. The van der Waals surface area contributed by atoms with Crippen LogP contribution in [0, 0.1) is 13.8 Å². The molecule has 5 heteroatoms. The van der Waals surface area contributed by atoms with Crippen LogP contribution < -0.4 is 15.4 Å². The Bertz CT molecular complexity index is 898. The molecule has 220 valence electrons. The van der Waals surface area contributed by atoms with E-state index in [1.807, 2.05) is 0 Å². The Balaban J connectivity index is 1.82. The molecule has 2 N–H and O–H groups in total. The molecule has 0 aliphatic carbocycles. The van der Waals surface area contributed by atoms with Crippen LogP contribution in [0.15, 0.2) is 36.4 Å². The van der Waals surface area contributed by atoms with Crippen molar-refractivity contribution in [3.05, 3.63) is 64.2 Å². The highest BCUT2D eigenvalue weighted by Gasteiger charge is 2.15. The van der Waals surface area contributed by atoms with Gasteiger partial charge in [0.05, 0.1) is 6.61 Å². The lowest BCUT2D eigenvalue weighted by Gasteiger charge is -2.21. The van der Waals surface area contributed by atoms with E-state index in [1.54, 1.807) is 0 Å². The maximum Gasteiger partial charge on any atom is 0.126 e. The van der Waals surface area contributed by atoms with Gasteiger partial charge in [0.15, 0.2) is 0 Å². The summed E-state index contributed by atoms with van der Waals surface area (Å²) in [5, 5.41) is 7.35. The summed E-state index contributed by atoms with van der Waals surface area (Å²) in [7, 11) is 8.55. The SMILES string of the molecule is Cc1cc(CNCCCN(C)C)c(C)c(CNCCCN(C)C)c1OCCCCCCCCc1ccccc1. The fourth-order valence-electron chi connectivity index (χ4n) is 5.07. The van der Waals surface area contributed by atoms with Crippen molar-refractivity contribution in [3.8, 4) is 5.75 Å². The van der Waals surface area contributed by atoms with E-state index >= 15 is 0 Å². The third-order valence-electron chi connectivity index (χ3n) is 7.44. The molecule has 2 rings (SSSR count). The molecule has 39 heavy (non-hydrogen) atoms. The van der Waals surface area contributed by atoms with Gasteiger partial charge in [0.1, 0.15) is 5.75 Å². The highest BCUT2D eigenvalue weighted by atomic mass is 16.5. The van der Waals surface area contributed by atoms with Crippen LogP contribution in [0.2, 0.25) is 0 Å². The molecule has 0 aromatic heterocycles. The first-order valence-electron chi connectivity index (χ1n) is 15.4. The molecular weight excluding hydrogens is 480 g/mol. The van der Waals surface area contributed by atoms with E-state index in [9.17, 15) is 0 Å². The zero-order chi connectivity index (χ0) is 28.3. The number of ether oxygens (including phenoxy) is 1. The Morgan fingerprint density at radius 2 is 1.28 bits per heavy atom. The van der Waals surface area contributed by atoms with Gasteiger partial charge < -0.3 is 25.2 Å². The number of benzene rings is 2. The van der Waals surface area contributed by atoms with Crippen molar-refractivity contribution in [1.82, 2.24) is 20.4 Å². The van der Waals surface area contributed by atoms with Gasteiger partial charge in [-0.2, -0.15) is 0 Å².